The SMILES string of the molecule is C#CCC(=O)O.C/C=C/C=C/C(=O)O.C=CCC(=O)O.C=CCCC(=O)O.CC(=O)CC(=O)O.CC(=O)OC(C)C(=O)O.CC(C(=O)O)C(F)(F)F.CC(C)(C)Oc1ccc(C(=O)O)cc1.CC(C)=CC(=O)O.CC(O)CC(=O)O.CCC(=O)O.COCCC(=O)O.NC(C(=O)O)c1ccccc1.O=C(O)C(=O)c1ccccc1.O=C(O)C(CO)c1ccccc1.O=C(O)CCO. The van der Waals surface area contributed by atoms with Crippen LogP contribution in [0.1, 0.15) is 185 Å². The fourth-order valence-electron chi connectivity index (χ4n) is 5.67. The van der Waals surface area contributed by atoms with E-state index in [1.165, 1.54) is 77.3 Å². The molecular weight excluding hydrogens is 1770 g/mol. The van der Waals surface area contributed by atoms with E-state index < -0.39 is 144 Å². The van der Waals surface area contributed by atoms with Crippen LogP contribution in [-0.4, -0.2) is 261 Å². The highest BCUT2D eigenvalue weighted by Crippen LogP contribution is 2.25. The number of carbonyl (C=O) groups is 19. The van der Waals surface area contributed by atoms with E-state index in [4.69, 9.17) is 107 Å². The molecule has 21 N–H and O–H groups in total. The Balaban J connectivity index is -0.000000117. The third-order valence-electron chi connectivity index (χ3n) is 11.5. The molecule has 0 spiro atoms. The first-order valence-corrected chi connectivity index (χ1v) is 37.3. The zero-order valence-corrected chi connectivity index (χ0v) is 74.6. The number of aromatic carboxylic acids is 1. The van der Waals surface area contributed by atoms with Crippen molar-refractivity contribution >= 4 is 113 Å². The van der Waals surface area contributed by atoms with Crippen molar-refractivity contribution < 1.29 is 216 Å². The molecule has 740 valence electrons. The first kappa shape index (κ1) is 143. The first-order valence-electron chi connectivity index (χ1n) is 37.3. The van der Waals surface area contributed by atoms with Gasteiger partial charge in [-0.25, -0.2) is 24.0 Å². The van der Waals surface area contributed by atoms with Gasteiger partial charge in [0.2, 0.25) is 0 Å². The van der Waals surface area contributed by atoms with Gasteiger partial charge in [0.25, 0.3) is 5.78 Å². The van der Waals surface area contributed by atoms with Gasteiger partial charge in [0.15, 0.2) is 6.10 Å². The fraction of sp³-hybridized carbons (Fsp3) is 0.368. The molecule has 42 nitrogen and oxygen atoms in total. The number of halogens is 3. The number of allylic oxidation sites excluding steroid dienone is 5. The summed E-state index contributed by atoms with van der Waals surface area (Å²) < 4.78 is 48.2. The molecule has 132 heavy (non-hydrogen) atoms. The number of rotatable bonds is 31. The molecule has 5 atom stereocenters. The number of Topliss-reactive ketones (excluding diaryl/α,β-unsaturated/α-hetero) is 2. The van der Waals surface area contributed by atoms with Crippen LogP contribution in [0.4, 0.5) is 13.2 Å². The standard InChI is InChI=1S/C11H14O3.C9H10O3.C8H9NO2.C8H6O3.C6H8O2.C5H8O4.2C5H8O2.C4H5F3O2.2C4H8O3.C4H6O3.C4H6O2.C4H4O2.C3H6O3.C3H6O2/c1-11(2,3)14-9-6-4-8(5-7-9)10(12)13;10-6-8(9(11)12)7-4-2-1-3-5-7;2*9-7(8(10)11)6-4-2-1-3-5-6;1-2-3-4-5-6(7)8;1-3(5(7)8)9-4(2)6;1-4(2)3-5(6)7;1-2-3-4-5(6)7;1-2(3(8)9)4(5,6)7;1-7-3-2-4(5)6;2*1-3(5)2-4(6)7;2*1-2-3-4(5)6;4-2-1-3(5)6;1-2-3(4)5/h4-7H,1-3H3,(H,12,13);1-5,8,10H,6H2,(H,11,12);1-5,7H,9H2,(H,10,11);1-5H,(H,10,11);2-5H,1H3,(H,7,8);3H,1-2H3,(H,7,8);3H,1-2H3,(H,6,7);2H,1,3-4H2,(H,6,7);2H,1H3,(H,8,9);2-3H2,1H3,(H,5,6);3,5H,2H2,1H3,(H,6,7);2H2,1H3,(H,6,7);2H,1,3H2,(H,5,6);1H,3H2,(H,5,6);4H,1-2H2,(H,5,6);2H2,1H3,(H,4,5)/b;;;;3-2+,5-4+;;;;;;;;;;;. The summed E-state index contributed by atoms with van der Waals surface area (Å²) in [6.45, 7) is 24.7. The quantitative estimate of drug-likeness (QED) is 0.00325. The Morgan fingerprint density at radius 3 is 1.14 bits per heavy atom. The second-order valence-electron chi connectivity index (χ2n) is 25.1. The van der Waals surface area contributed by atoms with Crippen molar-refractivity contribution in [3.05, 3.63) is 199 Å². The normalized spacial score (nSPS) is 10.4. The zero-order chi connectivity index (χ0) is 106. The first-order chi connectivity index (χ1) is 60.7. The molecule has 0 aliphatic rings. The van der Waals surface area contributed by atoms with Crippen LogP contribution in [0, 0.1) is 18.3 Å². The van der Waals surface area contributed by atoms with Crippen LogP contribution in [0.2, 0.25) is 0 Å². The summed E-state index contributed by atoms with van der Waals surface area (Å²) in [5.74, 6) is -18.4. The molecule has 45 heteroatoms. The van der Waals surface area contributed by atoms with Crippen molar-refractivity contribution in [1.82, 2.24) is 0 Å². The van der Waals surface area contributed by atoms with Crippen LogP contribution >= 0.6 is 0 Å². The molecule has 0 heterocycles. The van der Waals surface area contributed by atoms with Crippen molar-refractivity contribution in [3.63, 3.8) is 0 Å². The molecule has 4 aromatic rings. The minimum absolute atomic E-state index is 0.0556. The van der Waals surface area contributed by atoms with Crippen LogP contribution in [-0.2, 0) is 91.0 Å². The summed E-state index contributed by atoms with van der Waals surface area (Å²) in [6.07, 6.45) is 8.58. The Morgan fingerprint density at radius 2 is 0.970 bits per heavy atom. The van der Waals surface area contributed by atoms with Crippen LogP contribution < -0.4 is 10.5 Å². The number of esters is 1. The molecule has 0 aliphatic carbocycles. The number of ketones is 2. The Bertz CT molecular complexity index is 4130. The Hall–Kier alpha value is -15.1. The van der Waals surface area contributed by atoms with Gasteiger partial charge >= 0.3 is 108 Å². The van der Waals surface area contributed by atoms with Gasteiger partial charge in [0.1, 0.15) is 47.9 Å². The zero-order valence-electron chi connectivity index (χ0n) is 74.6. The molecule has 0 saturated heterocycles. The number of aliphatic hydroxyl groups excluding tert-OH is 3. The predicted molar refractivity (Wildman–Crippen MR) is 466 cm³/mol. The second-order valence-corrected chi connectivity index (χ2v) is 25.1. The summed E-state index contributed by atoms with van der Waals surface area (Å²) >= 11 is 0. The summed E-state index contributed by atoms with van der Waals surface area (Å²) in [7, 11) is 1.48. The fourth-order valence-corrected chi connectivity index (χ4v) is 5.67. The number of carboxylic acids is 16. The molecule has 4 aromatic carbocycles. The minimum atomic E-state index is -4.62. The van der Waals surface area contributed by atoms with E-state index in [-0.39, 0.29) is 87.1 Å². The van der Waals surface area contributed by atoms with E-state index in [1.54, 1.807) is 124 Å². The molecule has 0 saturated carbocycles. The average Bonchev–Trinajstić information content (AvgIpc) is 0.870. The molecule has 0 fully saturated rings. The highest BCUT2D eigenvalue weighted by atomic mass is 19.4. The lowest BCUT2D eigenvalue weighted by atomic mass is 10.0. The van der Waals surface area contributed by atoms with E-state index in [0.717, 1.165) is 11.6 Å². The number of ether oxygens (including phenoxy) is 3. The number of aliphatic hydroxyl groups is 3. The number of carbonyl (C=O) groups excluding carboxylic acids is 3. The maximum absolute atomic E-state index is 11.3. The lowest BCUT2D eigenvalue weighted by Crippen LogP contribution is -2.27. The van der Waals surface area contributed by atoms with Crippen molar-refractivity contribution in [2.45, 2.75) is 177 Å². The highest BCUT2D eigenvalue weighted by molar-refractivity contribution is 6.39. The van der Waals surface area contributed by atoms with Crippen LogP contribution in [0.15, 0.2) is 177 Å². The van der Waals surface area contributed by atoms with Crippen molar-refractivity contribution in [2.24, 2.45) is 11.7 Å². The Labute approximate surface area is 758 Å². The van der Waals surface area contributed by atoms with Crippen molar-refractivity contribution in [3.8, 4) is 18.1 Å². The number of benzene rings is 4. The lowest BCUT2D eigenvalue weighted by molar-refractivity contribution is -0.190. The van der Waals surface area contributed by atoms with Gasteiger partial charge in [-0.2, -0.15) is 13.2 Å². The molecule has 0 radical (unpaired) electrons. The van der Waals surface area contributed by atoms with E-state index in [0.29, 0.717) is 36.8 Å². The smallest absolute Gasteiger partial charge is 0.401 e. The predicted octanol–water partition coefficient (Wildman–Crippen LogP) is 10.4. The van der Waals surface area contributed by atoms with E-state index >= 15 is 0 Å². The van der Waals surface area contributed by atoms with Gasteiger partial charge in [0.05, 0.1) is 57.2 Å². The van der Waals surface area contributed by atoms with Crippen molar-refractivity contribution in [1.29, 1.82) is 0 Å². The third kappa shape index (κ3) is 128. The number of terminal acetylenes is 1. The maximum atomic E-state index is 11.3. The molecule has 0 amide bonds. The third-order valence-corrected chi connectivity index (χ3v) is 11.5. The molecule has 5 unspecified atom stereocenters. The lowest BCUT2D eigenvalue weighted by Gasteiger charge is -2.21. The van der Waals surface area contributed by atoms with Crippen LogP contribution in [0.5, 0.6) is 5.75 Å². The van der Waals surface area contributed by atoms with Gasteiger partial charge in [-0.1, -0.05) is 140 Å². The van der Waals surface area contributed by atoms with E-state index in [1.807, 2.05) is 39.7 Å². The number of aliphatic carboxylic acids is 15. The topological polar surface area (TPSA) is 762 Å². The van der Waals surface area contributed by atoms with Gasteiger partial charge in [-0.3, -0.25) is 67.1 Å². The highest BCUT2D eigenvalue weighted by Gasteiger charge is 2.41. The van der Waals surface area contributed by atoms with Crippen LogP contribution in [0.3, 0.4) is 0 Å². The average molecular weight is 1890 g/mol. The number of carboxylic acid groups (broad SMARTS) is 16. The van der Waals surface area contributed by atoms with E-state index in [2.05, 4.69) is 29.1 Å². The molecule has 0 aromatic heterocycles. The molecular formula is C87H120F3NO41. The number of methoxy groups -OCH3 is 1. The number of nitrogens with two attached hydrogens (primary N) is 1. The van der Waals surface area contributed by atoms with Crippen molar-refractivity contribution in [2.75, 3.05) is 26.9 Å². The molecule has 0 aliphatic heterocycles. The maximum Gasteiger partial charge on any atom is 0.401 e. The summed E-state index contributed by atoms with van der Waals surface area (Å²) in [5.41, 5.74) is 7.63. The minimum Gasteiger partial charge on any atom is -0.488 e. The van der Waals surface area contributed by atoms with Gasteiger partial charge < -0.3 is 117 Å². The second kappa shape index (κ2) is 92.1. The Kier molecular flexibility index (Phi) is 99.5. The Morgan fingerprint density at radius 1 is 0.530 bits per heavy atom. The molecule has 0 bridgehead atoms. The van der Waals surface area contributed by atoms with Gasteiger partial charge in [0, 0.05) is 44.6 Å². The van der Waals surface area contributed by atoms with Gasteiger partial charge in [-0.15, -0.1) is 19.6 Å². The molecule has 4 rings (SSSR count). The number of alkyl halides is 3. The summed E-state index contributed by atoms with van der Waals surface area (Å²) in [6, 6.07) is 30.8. The monoisotopic (exact) mass is 1890 g/mol. The summed E-state index contributed by atoms with van der Waals surface area (Å²) in [4.78, 5) is 188. The largest absolute Gasteiger partial charge is 0.488 e. The van der Waals surface area contributed by atoms with Crippen LogP contribution in [0.25, 0.3) is 0 Å². The summed E-state index contributed by atoms with van der Waals surface area (Å²) in [5, 5.41) is 154. The number of hydrogen-bond acceptors (Lipinski definition) is 26. The van der Waals surface area contributed by atoms with E-state index in [9.17, 15) is 104 Å². The number of hydrogen-bond donors (Lipinski definition) is 20. The van der Waals surface area contributed by atoms with Gasteiger partial charge in [-0.05, 0) is 111 Å².